The lowest BCUT2D eigenvalue weighted by molar-refractivity contribution is -0.137. The van der Waals surface area contributed by atoms with Gasteiger partial charge in [-0.2, -0.15) is 18.3 Å². The summed E-state index contributed by atoms with van der Waals surface area (Å²) >= 11 is 5.89. The summed E-state index contributed by atoms with van der Waals surface area (Å²) in [4.78, 5) is 0. The van der Waals surface area contributed by atoms with Crippen molar-refractivity contribution in [1.82, 2.24) is 9.78 Å². The Bertz CT molecular complexity index is 633. The fourth-order valence-corrected chi connectivity index (χ4v) is 2.01. The Balaban J connectivity index is 2.71. The highest BCUT2D eigenvalue weighted by molar-refractivity contribution is 6.32. The second kappa shape index (κ2) is 4.90. The number of benzene rings is 1. The van der Waals surface area contributed by atoms with Crippen LogP contribution < -0.4 is 10.5 Å². The van der Waals surface area contributed by atoms with Crippen molar-refractivity contribution in [3.63, 3.8) is 0 Å². The van der Waals surface area contributed by atoms with Crippen molar-refractivity contribution < 1.29 is 17.9 Å². The van der Waals surface area contributed by atoms with Crippen molar-refractivity contribution in [1.29, 1.82) is 0 Å². The standard InChI is InChI=1S/C12H11ClF3N3O/c1-19-11(17)5-9(18-19)6-3-8(13)10(20-2)4-7(6)12(14,15)16/h3-5H,17H2,1-2H3. The minimum Gasteiger partial charge on any atom is -0.495 e. The topological polar surface area (TPSA) is 53.1 Å². The number of aromatic nitrogens is 2. The normalized spacial score (nSPS) is 11.7. The van der Waals surface area contributed by atoms with E-state index in [9.17, 15) is 13.2 Å². The molecule has 0 aliphatic heterocycles. The lowest BCUT2D eigenvalue weighted by atomic mass is 10.0. The smallest absolute Gasteiger partial charge is 0.417 e. The van der Waals surface area contributed by atoms with Gasteiger partial charge in [0.15, 0.2) is 0 Å². The van der Waals surface area contributed by atoms with Gasteiger partial charge in [-0.15, -0.1) is 0 Å². The average Bonchev–Trinajstić information content (AvgIpc) is 2.67. The molecular formula is C12H11ClF3N3O. The first kappa shape index (κ1) is 14.5. The van der Waals surface area contributed by atoms with Gasteiger partial charge in [-0.3, -0.25) is 4.68 Å². The summed E-state index contributed by atoms with van der Waals surface area (Å²) in [5.74, 6) is 0.201. The maximum Gasteiger partial charge on any atom is 0.417 e. The molecule has 0 aliphatic rings. The number of rotatable bonds is 2. The van der Waals surface area contributed by atoms with Gasteiger partial charge in [-0.25, -0.2) is 0 Å². The molecule has 0 bridgehead atoms. The Hall–Kier alpha value is -1.89. The van der Waals surface area contributed by atoms with Crippen molar-refractivity contribution in [2.24, 2.45) is 7.05 Å². The van der Waals surface area contributed by atoms with E-state index < -0.39 is 11.7 Å². The van der Waals surface area contributed by atoms with Crippen LogP contribution in [0.1, 0.15) is 5.56 Å². The summed E-state index contributed by atoms with van der Waals surface area (Å²) < 4.78 is 45.5. The minimum atomic E-state index is -4.56. The van der Waals surface area contributed by atoms with E-state index in [2.05, 4.69) is 5.10 Å². The molecule has 2 aromatic rings. The summed E-state index contributed by atoms with van der Waals surface area (Å²) in [6, 6.07) is 3.38. The third-order valence-electron chi connectivity index (χ3n) is 2.79. The van der Waals surface area contributed by atoms with Crippen molar-refractivity contribution in [2.75, 3.05) is 12.8 Å². The molecule has 20 heavy (non-hydrogen) atoms. The van der Waals surface area contributed by atoms with Crippen LogP contribution in [-0.4, -0.2) is 16.9 Å². The van der Waals surface area contributed by atoms with Crippen molar-refractivity contribution in [2.45, 2.75) is 6.18 Å². The molecule has 1 aromatic heterocycles. The fourth-order valence-electron chi connectivity index (χ4n) is 1.77. The van der Waals surface area contributed by atoms with Crippen LogP contribution in [0.2, 0.25) is 5.02 Å². The number of hydrogen-bond acceptors (Lipinski definition) is 3. The molecule has 0 atom stereocenters. The molecule has 0 radical (unpaired) electrons. The third-order valence-corrected chi connectivity index (χ3v) is 3.08. The molecular weight excluding hydrogens is 295 g/mol. The van der Waals surface area contributed by atoms with Crippen molar-refractivity contribution >= 4 is 17.4 Å². The van der Waals surface area contributed by atoms with Gasteiger partial charge in [0.1, 0.15) is 11.6 Å². The number of aryl methyl sites for hydroxylation is 1. The van der Waals surface area contributed by atoms with Crippen LogP contribution in [0.15, 0.2) is 18.2 Å². The largest absolute Gasteiger partial charge is 0.495 e. The molecule has 2 rings (SSSR count). The SMILES string of the molecule is COc1cc(C(F)(F)F)c(-c2cc(N)n(C)n2)cc1Cl. The zero-order valence-corrected chi connectivity index (χ0v) is 11.4. The number of halogens is 4. The molecule has 0 aliphatic carbocycles. The highest BCUT2D eigenvalue weighted by Crippen LogP contribution is 2.41. The van der Waals surface area contributed by atoms with E-state index in [0.29, 0.717) is 0 Å². The number of alkyl halides is 3. The predicted molar refractivity (Wildman–Crippen MR) is 69.6 cm³/mol. The summed E-state index contributed by atoms with van der Waals surface area (Å²) in [5.41, 5.74) is 4.67. The fraction of sp³-hybridized carbons (Fsp3) is 0.250. The molecule has 4 nitrogen and oxygen atoms in total. The van der Waals surface area contributed by atoms with E-state index >= 15 is 0 Å². The highest BCUT2D eigenvalue weighted by atomic mass is 35.5. The van der Waals surface area contributed by atoms with Crippen LogP contribution in [0, 0.1) is 0 Å². The maximum atomic E-state index is 13.1. The van der Waals surface area contributed by atoms with Crippen LogP contribution in [0.3, 0.4) is 0 Å². The first-order chi connectivity index (χ1) is 9.24. The summed E-state index contributed by atoms with van der Waals surface area (Å²) in [6.45, 7) is 0. The lowest BCUT2D eigenvalue weighted by Crippen LogP contribution is -2.08. The zero-order chi connectivity index (χ0) is 15.1. The molecule has 0 amide bonds. The van der Waals surface area contributed by atoms with E-state index in [4.69, 9.17) is 22.1 Å². The maximum absolute atomic E-state index is 13.1. The lowest BCUT2D eigenvalue weighted by Gasteiger charge is -2.14. The number of hydrogen-bond donors (Lipinski definition) is 1. The van der Waals surface area contributed by atoms with Gasteiger partial charge in [0.25, 0.3) is 0 Å². The Morgan fingerprint density at radius 3 is 2.40 bits per heavy atom. The Kier molecular flexibility index (Phi) is 3.56. The molecule has 1 aromatic carbocycles. The number of nitrogens with two attached hydrogens (primary N) is 1. The summed E-state index contributed by atoms with van der Waals surface area (Å²) in [5, 5.41) is 4.01. The number of anilines is 1. The van der Waals surface area contributed by atoms with E-state index in [-0.39, 0.29) is 27.8 Å². The summed E-state index contributed by atoms with van der Waals surface area (Å²) in [7, 11) is 2.79. The Labute approximate surface area is 117 Å². The van der Waals surface area contributed by atoms with Gasteiger partial charge >= 0.3 is 6.18 Å². The van der Waals surface area contributed by atoms with Gasteiger partial charge in [-0.05, 0) is 12.1 Å². The second-order valence-electron chi connectivity index (χ2n) is 4.11. The van der Waals surface area contributed by atoms with E-state index in [1.54, 1.807) is 0 Å². The Morgan fingerprint density at radius 1 is 1.30 bits per heavy atom. The van der Waals surface area contributed by atoms with Crippen LogP contribution >= 0.6 is 11.6 Å². The molecule has 0 saturated heterocycles. The quantitative estimate of drug-likeness (QED) is 0.925. The first-order valence-corrected chi connectivity index (χ1v) is 5.86. The summed E-state index contributed by atoms with van der Waals surface area (Å²) in [6.07, 6.45) is -4.56. The predicted octanol–water partition coefficient (Wildman–Crippen LogP) is 3.35. The third kappa shape index (κ3) is 2.53. The monoisotopic (exact) mass is 305 g/mol. The minimum absolute atomic E-state index is 0.0494. The van der Waals surface area contributed by atoms with Gasteiger partial charge in [0.2, 0.25) is 0 Å². The average molecular weight is 306 g/mol. The molecule has 0 spiro atoms. The van der Waals surface area contributed by atoms with Crippen molar-refractivity contribution in [3.8, 4) is 17.0 Å². The molecule has 0 saturated carbocycles. The highest BCUT2D eigenvalue weighted by Gasteiger charge is 2.35. The van der Waals surface area contributed by atoms with Gasteiger partial charge in [-0.1, -0.05) is 11.6 Å². The van der Waals surface area contributed by atoms with E-state index in [1.165, 1.54) is 31.0 Å². The first-order valence-electron chi connectivity index (χ1n) is 5.48. The molecule has 108 valence electrons. The van der Waals surface area contributed by atoms with E-state index in [1.807, 2.05) is 0 Å². The molecule has 0 fully saturated rings. The number of nitrogens with zero attached hydrogens (tertiary/aromatic N) is 2. The van der Waals surface area contributed by atoms with Gasteiger partial charge < -0.3 is 10.5 Å². The van der Waals surface area contributed by atoms with Gasteiger partial charge in [0.05, 0.1) is 23.4 Å². The number of nitrogen functional groups attached to an aromatic ring is 1. The zero-order valence-electron chi connectivity index (χ0n) is 10.6. The van der Waals surface area contributed by atoms with Crippen LogP contribution in [0.4, 0.5) is 19.0 Å². The molecule has 0 unspecified atom stereocenters. The molecule has 2 N–H and O–H groups in total. The number of methoxy groups -OCH3 is 1. The van der Waals surface area contributed by atoms with Gasteiger partial charge in [0, 0.05) is 18.7 Å². The van der Waals surface area contributed by atoms with E-state index in [0.717, 1.165) is 6.07 Å². The van der Waals surface area contributed by atoms with Crippen LogP contribution in [0.25, 0.3) is 11.3 Å². The number of ether oxygens (including phenoxy) is 1. The van der Waals surface area contributed by atoms with Crippen LogP contribution in [0.5, 0.6) is 5.75 Å². The van der Waals surface area contributed by atoms with Crippen molar-refractivity contribution in [3.05, 3.63) is 28.8 Å². The second-order valence-corrected chi connectivity index (χ2v) is 4.52. The Morgan fingerprint density at radius 2 is 1.95 bits per heavy atom. The van der Waals surface area contributed by atoms with Crippen LogP contribution in [-0.2, 0) is 13.2 Å². The molecule has 1 heterocycles. The molecule has 8 heteroatoms.